The van der Waals surface area contributed by atoms with Crippen LogP contribution >= 0.6 is 11.3 Å². The number of hydrogen-bond acceptors (Lipinski definition) is 3. The van der Waals surface area contributed by atoms with Crippen LogP contribution in [-0.2, 0) is 6.42 Å². The lowest BCUT2D eigenvalue weighted by Gasteiger charge is -2.12. The molecule has 0 aromatic carbocycles. The summed E-state index contributed by atoms with van der Waals surface area (Å²) < 4.78 is 0. The summed E-state index contributed by atoms with van der Waals surface area (Å²) in [6.45, 7) is 1.63. The minimum absolute atomic E-state index is 0.557. The SMILES string of the molecule is CC(O)C(O)CCCCc1cccs1. The van der Waals surface area contributed by atoms with E-state index in [-0.39, 0.29) is 0 Å². The minimum atomic E-state index is -0.600. The molecule has 0 aliphatic carbocycles. The zero-order valence-electron chi connectivity index (χ0n) is 8.52. The van der Waals surface area contributed by atoms with Gasteiger partial charge in [-0.1, -0.05) is 12.5 Å². The molecule has 3 heteroatoms. The van der Waals surface area contributed by atoms with E-state index in [9.17, 15) is 5.11 Å². The molecular weight excluding hydrogens is 196 g/mol. The summed E-state index contributed by atoms with van der Waals surface area (Å²) in [6.07, 6.45) is 2.69. The van der Waals surface area contributed by atoms with E-state index in [0.717, 1.165) is 19.3 Å². The molecule has 1 heterocycles. The van der Waals surface area contributed by atoms with Gasteiger partial charge in [-0.15, -0.1) is 11.3 Å². The summed E-state index contributed by atoms with van der Waals surface area (Å²) >= 11 is 1.78. The molecule has 14 heavy (non-hydrogen) atoms. The van der Waals surface area contributed by atoms with Crippen LogP contribution in [0, 0.1) is 0 Å². The molecule has 2 unspecified atom stereocenters. The van der Waals surface area contributed by atoms with Gasteiger partial charge in [-0.05, 0) is 37.6 Å². The van der Waals surface area contributed by atoms with E-state index in [0.29, 0.717) is 6.42 Å². The van der Waals surface area contributed by atoms with Crippen LogP contribution in [0.2, 0.25) is 0 Å². The molecule has 2 N–H and O–H groups in total. The number of rotatable bonds is 6. The van der Waals surface area contributed by atoms with Crippen molar-refractivity contribution in [2.24, 2.45) is 0 Å². The van der Waals surface area contributed by atoms with Crippen molar-refractivity contribution >= 4 is 11.3 Å². The third-order valence-corrected chi connectivity index (χ3v) is 3.25. The smallest absolute Gasteiger partial charge is 0.0796 e. The molecule has 1 aromatic heterocycles. The molecule has 0 saturated heterocycles. The van der Waals surface area contributed by atoms with Crippen LogP contribution in [0.1, 0.15) is 31.1 Å². The lowest BCUT2D eigenvalue weighted by atomic mass is 10.1. The Balaban J connectivity index is 2.05. The quantitative estimate of drug-likeness (QED) is 0.713. The second-order valence-corrected chi connectivity index (χ2v) is 4.67. The van der Waals surface area contributed by atoms with Crippen molar-refractivity contribution in [2.75, 3.05) is 0 Å². The Bertz CT molecular complexity index is 231. The molecule has 1 rings (SSSR count). The Morgan fingerprint density at radius 3 is 2.71 bits per heavy atom. The molecule has 0 saturated carbocycles. The van der Waals surface area contributed by atoms with Crippen molar-refractivity contribution in [3.63, 3.8) is 0 Å². The number of unbranched alkanes of at least 4 members (excludes halogenated alkanes) is 1. The van der Waals surface area contributed by atoms with E-state index in [1.807, 2.05) is 0 Å². The van der Waals surface area contributed by atoms with Crippen molar-refractivity contribution in [3.8, 4) is 0 Å². The van der Waals surface area contributed by atoms with Gasteiger partial charge in [-0.2, -0.15) is 0 Å². The normalized spacial score (nSPS) is 15.4. The molecule has 0 aliphatic heterocycles. The monoisotopic (exact) mass is 214 g/mol. The largest absolute Gasteiger partial charge is 0.391 e. The fourth-order valence-corrected chi connectivity index (χ4v) is 2.10. The molecular formula is C11H18O2S. The number of aryl methyl sites for hydroxylation is 1. The third-order valence-electron chi connectivity index (χ3n) is 2.31. The zero-order valence-corrected chi connectivity index (χ0v) is 9.33. The van der Waals surface area contributed by atoms with E-state index in [2.05, 4.69) is 17.5 Å². The second kappa shape index (κ2) is 6.17. The van der Waals surface area contributed by atoms with E-state index in [1.165, 1.54) is 4.88 Å². The Morgan fingerprint density at radius 1 is 1.36 bits per heavy atom. The first-order valence-electron chi connectivity index (χ1n) is 5.08. The highest BCUT2D eigenvalue weighted by Crippen LogP contribution is 2.13. The predicted molar refractivity (Wildman–Crippen MR) is 59.6 cm³/mol. The van der Waals surface area contributed by atoms with E-state index >= 15 is 0 Å². The first kappa shape index (κ1) is 11.7. The maximum atomic E-state index is 9.34. The summed E-state index contributed by atoms with van der Waals surface area (Å²) in [5.74, 6) is 0. The van der Waals surface area contributed by atoms with Gasteiger partial charge in [0.05, 0.1) is 12.2 Å². The van der Waals surface area contributed by atoms with Crippen LogP contribution in [0.4, 0.5) is 0 Å². The van der Waals surface area contributed by atoms with Crippen LogP contribution in [0.25, 0.3) is 0 Å². The van der Waals surface area contributed by atoms with Crippen molar-refractivity contribution in [1.29, 1.82) is 0 Å². The van der Waals surface area contributed by atoms with Crippen molar-refractivity contribution in [2.45, 2.75) is 44.8 Å². The Kier molecular flexibility index (Phi) is 5.15. The van der Waals surface area contributed by atoms with E-state index in [1.54, 1.807) is 18.3 Å². The summed E-state index contributed by atoms with van der Waals surface area (Å²) in [7, 11) is 0. The summed E-state index contributed by atoms with van der Waals surface area (Å²) in [5.41, 5.74) is 0. The molecule has 0 bridgehead atoms. The highest BCUT2D eigenvalue weighted by molar-refractivity contribution is 7.09. The van der Waals surface area contributed by atoms with Gasteiger partial charge >= 0.3 is 0 Å². The molecule has 0 radical (unpaired) electrons. The van der Waals surface area contributed by atoms with Crippen LogP contribution in [-0.4, -0.2) is 22.4 Å². The number of aliphatic hydroxyl groups excluding tert-OH is 2. The van der Waals surface area contributed by atoms with Crippen molar-refractivity contribution < 1.29 is 10.2 Å². The van der Waals surface area contributed by atoms with Gasteiger partial charge in [0, 0.05) is 4.88 Å². The van der Waals surface area contributed by atoms with Crippen LogP contribution in [0.5, 0.6) is 0 Å². The second-order valence-electron chi connectivity index (χ2n) is 3.63. The molecule has 2 atom stereocenters. The van der Waals surface area contributed by atoms with Crippen molar-refractivity contribution in [1.82, 2.24) is 0 Å². The first-order chi connectivity index (χ1) is 6.70. The van der Waals surface area contributed by atoms with Gasteiger partial charge < -0.3 is 10.2 Å². The van der Waals surface area contributed by atoms with Crippen LogP contribution < -0.4 is 0 Å². The minimum Gasteiger partial charge on any atom is -0.391 e. The first-order valence-corrected chi connectivity index (χ1v) is 5.96. The molecule has 1 aromatic rings. The number of thiophene rings is 1. The Labute approximate surface area is 89.2 Å². The number of aliphatic hydroxyl groups is 2. The maximum Gasteiger partial charge on any atom is 0.0796 e. The molecule has 0 fully saturated rings. The van der Waals surface area contributed by atoms with Crippen molar-refractivity contribution in [3.05, 3.63) is 22.4 Å². The van der Waals surface area contributed by atoms with Gasteiger partial charge in [-0.3, -0.25) is 0 Å². The molecule has 80 valence electrons. The van der Waals surface area contributed by atoms with Crippen LogP contribution in [0.15, 0.2) is 17.5 Å². The summed E-state index contributed by atoms with van der Waals surface area (Å²) in [6, 6.07) is 4.19. The zero-order chi connectivity index (χ0) is 10.4. The fourth-order valence-electron chi connectivity index (χ4n) is 1.35. The van der Waals surface area contributed by atoms with Gasteiger partial charge in [0.1, 0.15) is 0 Å². The van der Waals surface area contributed by atoms with E-state index in [4.69, 9.17) is 5.11 Å². The lowest BCUT2D eigenvalue weighted by molar-refractivity contribution is 0.0248. The highest BCUT2D eigenvalue weighted by atomic mass is 32.1. The van der Waals surface area contributed by atoms with Crippen LogP contribution in [0.3, 0.4) is 0 Å². The lowest BCUT2D eigenvalue weighted by Crippen LogP contribution is -2.21. The van der Waals surface area contributed by atoms with E-state index < -0.39 is 12.2 Å². The maximum absolute atomic E-state index is 9.34. The molecule has 0 aliphatic rings. The summed E-state index contributed by atoms with van der Waals surface area (Å²) in [5, 5.41) is 20.5. The molecule has 0 amide bonds. The molecule has 2 nitrogen and oxygen atoms in total. The van der Waals surface area contributed by atoms with Gasteiger partial charge in [0.15, 0.2) is 0 Å². The van der Waals surface area contributed by atoms with Gasteiger partial charge in [0.2, 0.25) is 0 Å². The topological polar surface area (TPSA) is 40.5 Å². The Morgan fingerprint density at radius 2 is 2.14 bits per heavy atom. The van der Waals surface area contributed by atoms with Gasteiger partial charge in [0.25, 0.3) is 0 Å². The predicted octanol–water partition coefficient (Wildman–Crippen LogP) is 2.20. The third kappa shape index (κ3) is 4.22. The fraction of sp³-hybridized carbons (Fsp3) is 0.636. The average molecular weight is 214 g/mol. The number of hydrogen-bond donors (Lipinski definition) is 2. The molecule has 0 spiro atoms. The Hall–Kier alpha value is -0.380. The standard InChI is InChI=1S/C11H18O2S/c1-9(12)11(13)7-3-2-5-10-6-4-8-14-10/h4,6,8-9,11-13H,2-3,5,7H2,1H3. The average Bonchev–Trinajstić information content (AvgIpc) is 2.64. The highest BCUT2D eigenvalue weighted by Gasteiger charge is 2.09. The van der Waals surface area contributed by atoms with Gasteiger partial charge in [-0.25, -0.2) is 0 Å². The summed E-state index contributed by atoms with van der Waals surface area (Å²) in [4.78, 5) is 1.40.